The van der Waals surface area contributed by atoms with Crippen molar-refractivity contribution < 1.29 is 18.0 Å². The fourth-order valence-electron chi connectivity index (χ4n) is 2.72. The van der Waals surface area contributed by atoms with E-state index in [4.69, 9.17) is 0 Å². The third-order valence-corrected chi connectivity index (χ3v) is 6.88. The number of alkyl halides is 1. The Morgan fingerprint density at radius 2 is 1.89 bits per heavy atom. The van der Waals surface area contributed by atoms with Gasteiger partial charge in [0.15, 0.2) is 15.6 Å². The number of ketones is 1. The molecule has 2 unspecified atom stereocenters. The van der Waals surface area contributed by atoms with Gasteiger partial charge < -0.3 is 5.32 Å². The van der Waals surface area contributed by atoms with Crippen LogP contribution in [0.25, 0.3) is 0 Å². The third kappa shape index (κ3) is 4.93. The Morgan fingerprint density at radius 1 is 1.30 bits per heavy atom. The molecule has 0 spiro atoms. The van der Waals surface area contributed by atoms with Crippen LogP contribution in [0.1, 0.15) is 38.8 Å². The van der Waals surface area contributed by atoms with Crippen LogP contribution in [0.5, 0.6) is 0 Å². The van der Waals surface area contributed by atoms with E-state index in [2.05, 4.69) is 26.2 Å². The Morgan fingerprint density at radius 3 is 2.41 bits per heavy atom. The minimum atomic E-state index is -3.29. The summed E-state index contributed by atoms with van der Waals surface area (Å²) in [7, 11) is -3.29. The highest BCUT2D eigenvalue weighted by atomic mass is 79.9. The Bertz CT molecular complexity index is 904. The lowest BCUT2D eigenvalue weighted by Gasteiger charge is -2.26. The summed E-state index contributed by atoms with van der Waals surface area (Å²) in [6, 6.07) is 6.09. The van der Waals surface area contributed by atoms with Crippen LogP contribution in [0.3, 0.4) is 0 Å². The van der Waals surface area contributed by atoms with Crippen molar-refractivity contribution in [1.82, 2.24) is 5.32 Å². The molecule has 0 saturated heterocycles. The van der Waals surface area contributed by atoms with Gasteiger partial charge in [0.05, 0.1) is 10.9 Å². The lowest BCUT2D eigenvalue weighted by Crippen LogP contribution is -2.39. The van der Waals surface area contributed by atoms with Crippen LogP contribution in [-0.4, -0.2) is 36.9 Å². The molecule has 0 bridgehead atoms. The first-order valence-corrected chi connectivity index (χ1v) is 11.4. The van der Waals surface area contributed by atoms with E-state index in [0.29, 0.717) is 5.71 Å². The summed E-state index contributed by atoms with van der Waals surface area (Å²) >= 11 is 3.25. The van der Waals surface area contributed by atoms with Gasteiger partial charge in [0.25, 0.3) is 5.91 Å². The van der Waals surface area contributed by atoms with Crippen molar-refractivity contribution in [3.63, 3.8) is 0 Å². The molecule has 6 nitrogen and oxygen atoms in total. The van der Waals surface area contributed by atoms with Gasteiger partial charge in [-0.15, -0.1) is 0 Å². The molecule has 0 saturated carbocycles. The van der Waals surface area contributed by atoms with Gasteiger partial charge in [0, 0.05) is 18.2 Å². The quantitative estimate of drug-likeness (QED) is 0.527. The molecule has 1 aliphatic rings. The van der Waals surface area contributed by atoms with Crippen LogP contribution in [0.15, 0.2) is 45.9 Å². The number of amides is 1. The summed E-state index contributed by atoms with van der Waals surface area (Å²) in [6.45, 7) is 5.71. The molecule has 27 heavy (non-hydrogen) atoms. The van der Waals surface area contributed by atoms with Crippen LogP contribution in [0.4, 0.5) is 0 Å². The number of rotatable bonds is 6. The number of carbonyl (C=O) groups is 2. The highest BCUT2D eigenvalue weighted by Gasteiger charge is 2.31. The van der Waals surface area contributed by atoms with Gasteiger partial charge in [0.1, 0.15) is 10.4 Å². The van der Waals surface area contributed by atoms with Crippen molar-refractivity contribution >= 4 is 43.2 Å². The number of halogens is 1. The van der Waals surface area contributed by atoms with Gasteiger partial charge in [0.2, 0.25) is 0 Å². The van der Waals surface area contributed by atoms with E-state index in [9.17, 15) is 18.0 Å². The van der Waals surface area contributed by atoms with Crippen molar-refractivity contribution in [3.05, 3.63) is 41.6 Å². The number of hydrogen-bond donors (Lipinski definition) is 1. The van der Waals surface area contributed by atoms with Gasteiger partial charge in [-0.05, 0) is 30.5 Å². The number of nitrogens with one attached hydrogen (secondary N) is 1. The molecule has 3 atom stereocenters. The predicted octanol–water partition coefficient (Wildman–Crippen LogP) is 2.98. The van der Waals surface area contributed by atoms with Crippen molar-refractivity contribution in [2.45, 2.75) is 43.0 Å². The molecule has 0 aliphatic carbocycles. The maximum absolute atomic E-state index is 12.7. The maximum atomic E-state index is 12.7. The highest BCUT2D eigenvalue weighted by molar-refractivity contribution is 9.10. The van der Waals surface area contributed by atoms with E-state index < -0.39 is 20.6 Å². The Balaban J connectivity index is 2.30. The van der Waals surface area contributed by atoms with E-state index >= 15 is 0 Å². The summed E-state index contributed by atoms with van der Waals surface area (Å²) in [5.74, 6) is -0.726. The minimum absolute atomic E-state index is 0.00327. The third-order valence-electron chi connectivity index (χ3n) is 4.67. The minimum Gasteiger partial charge on any atom is -0.345 e. The second-order valence-electron chi connectivity index (χ2n) is 6.72. The number of Topliss-reactive ketones (excluding diaryl/α,β-unsaturated/α-hetero) is 1. The summed E-state index contributed by atoms with van der Waals surface area (Å²) in [6.07, 6.45) is 3.24. The van der Waals surface area contributed by atoms with E-state index in [1.807, 2.05) is 13.8 Å². The van der Waals surface area contributed by atoms with Crippen molar-refractivity contribution in [2.24, 2.45) is 10.9 Å². The topological polar surface area (TPSA) is 92.7 Å². The number of nitrogens with zero attached hydrogens (tertiary/aromatic N) is 1. The molecule has 146 valence electrons. The number of hydrogen-bond acceptors (Lipinski definition) is 5. The van der Waals surface area contributed by atoms with Crippen LogP contribution in [0, 0.1) is 5.92 Å². The first kappa shape index (κ1) is 21.5. The maximum Gasteiger partial charge on any atom is 0.257 e. The van der Waals surface area contributed by atoms with E-state index in [1.54, 1.807) is 19.1 Å². The smallest absolute Gasteiger partial charge is 0.257 e. The molecule has 1 aromatic rings. The molecule has 0 radical (unpaired) electrons. The molecule has 1 N–H and O–H groups in total. The largest absolute Gasteiger partial charge is 0.345 e. The van der Waals surface area contributed by atoms with E-state index in [-0.39, 0.29) is 28.2 Å². The van der Waals surface area contributed by atoms with Crippen LogP contribution in [0.2, 0.25) is 0 Å². The van der Waals surface area contributed by atoms with E-state index in [0.717, 1.165) is 18.2 Å². The Labute approximate surface area is 168 Å². The summed E-state index contributed by atoms with van der Waals surface area (Å²) in [4.78, 5) is 28.8. The Hall–Kier alpha value is -1.80. The second kappa shape index (κ2) is 8.48. The zero-order valence-corrected chi connectivity index (χ0v) is 18.1. The van der Waals surface area contributed by atoms with Gasteiger partial charge in [-0.3, -0.25) is 14.6 Å². The summed E-state index contributed by atoms with van der Waals surface area (Å²) in [5, 5.41) is 2.91. The van der Waals surface area contributed by atoms with Gasteiger partial charge >= 0.3 is 0 Å². The second-order valence-corrected chi connectivity index (χ2v) is 9.65. The molecule has 1 aromatic carbocycles. The zero-order valence-electron chi connectivity index (χ0n) is 15.7. The molecule has 0 fully saturated rings. The Kier molecular flexibility index (Phi) is 6.75. The summed E-state index contributed by atoms with van der Waals surface area (Å²) < 4.78 is 23.3. The molecule has 1 amide bonds. The zero-order chi connectivity index (χ0) is 20.4. The molecule has 8 heteroatoms. The number of carbonyl (C=O) groups excluding carboxylic acids is 2. The molecular weight excluding hydrogens is 432 g/mol. The molecule has 1 aliphatic heterocycles. The lowest BCUT2D eigenvalue weighted by atomic mass is 9.91. The molecular formula is C19H23BrN2O4S. The fraction of sp³-hybridized carbons (Fsp3) is 0.421. The van der Waals surface area contributed by atoms with Gasteiger partial charge in [-0.25, -0.2) is 8.42 Å². The average molecular weight is 455 g/mol. The highest BCUT2D eigenvalue weighted by Crippen LogP contribution is 2.27. The monoisotopic (exact) mass is 454 g/mol. The molecule has 0 aromatic heterocycles. The van der Waals surface area contributed by atoms with Crippen molar-refractivity contribution in [1.29, 1.82) is 0 Å². The average Bonchev–Trinajstić information content (AvgIpc) is 2.63. The predicted molar refractivity (Wildman–Crippen MR) is 109 cm³/mol. The van der Waals surface area contributed by atoms with Crippen molar-refractivity contribution in [2.75, 3.05) is 6.26 Å². The summed E-state index contributed by atoms with van der Waals surface area (Å²) in [5.41, 5.74) is 1.39. The van der Waals surface area contributed by atoms with Crippen molar-refractivity contribution in [3.8, 4) is 0 Å². The van der Waals surface area contributed by atoms with Crippen LogP contribution in [-0.2, 0) is 19.4 Å². The SMILES string of the molecule is CCC(C)C(NC(=O)C1=CN=C(C)[C@H](Br)C1=O)c1ccc(S(C)(=O)=O)cc1. The van der Waals surface area contributed by atoms with Crippen LogP contribution < -0.4 is 5.32 Å². The number of aliphatic imine (C=N–C) groups is 1. The fourth-order valence-corrected chi connectivity index (χ4v) is 3.72. The lowest BCUT2D eigenvalue weighted by molar-refractivity contribution is -0.122. The number of benzene rings is 1. The molecule has 1 heterocycles. The van der Waals surface area contributed by atoms with Gasteiger partial charge in [-0.1, -0.05) is 48.3 Å². The standard InChI is InChI=1S/C19H23BrN2O4S/c1-5-11(2)17(13-6-8-14(9-7-13)27(4,25)26)22-19(24)15-10-21-12(3)16(20)18(15)23/h6-11,16-17H,5H2,1-4H3,(H,22,24)/t11?,16-,17?/m0/s1. The number of sulfone groups is 1. The van der Waals surface area contributed by atoms with Crippen LogP contribution >= 0.6 is 15.9 Å². The normalized spacial score (nSPS) is 19.7. The first-order valence-electron chi connectivity index (χ1n) is 8.59. The first-order chi connectivity index (χ1) is 12.6. The molecule has 2 rings (SSSR count). The van der Waals surface area contributed by atoms with E-state index in [1.165, 1.54) is 18.3 Å². The van der Waals surface area contributed by atoms with Gasteiger partial charge in [-0.2, -0.15) is 0 Å².